The molecular formula is C25H34N4O4S. The number of methoxy groups -OCH3 is 2. The number of fused-ring (bicyclic) bond motifs is 1. The van der Waals surface area contributed by atoms with Gasteiger partial charge in [0, 0.05) is 32.2 Å². The molecule has 34 heavy (non-hydrogen) atoms. The molecule has 0 N–H and O–H groups in total. The predicted molar refractivity (Wildman–Crippen MR) is 133 cm³/mol. The summed E-state index contributed by atoms with van der Waals surface area (Å²) in [5, 5.41) is 0. The SMILES string of the molecule is CCCn1c(CN2CCCC2c2cc(OC)ccc2OC)nc2cc(S(=O)(=O)N(C)C)ccc21. The van der Waals surface area contributed by atoms with Crippen molar-refractivity contribution < 1.29 is 17.9 Å². The molecule has 0 radical (unpaired) electrons. The summed E-state index contributed by atoms with van der Waals surface area (Å²) >= 11 is 0. The quantitative estimate of drug-likeness (QED) is 0.454. The van der Waals surface area contributed by atoms with E-state index in [2.05, 4.69) is 22.5 Å². The Bertz CT molecular complexity index is 1270. The fraction of sp³-hybridized carbons (Fsp3) is 0.480. The predicted octanol–water partition coefficient (Wildman–Crippen LogP) is 4.05. The first-order valence-electron chi connectivity index (χ1n) is 11.7. The second-order valence-corrected chi connectivity index (χ2v) is 11.0. The molecule has 0 aliphatic carbocycles. The Morgan fingerprint density at radius 2 is 1.91 bits per heavy atom. The highest BCUT2D eigenvalue weighted by Crippen LogP contribution is 2.39. The van der Waals surface area contributed by atoms with E-state index < -0.39 is 10.0 Å². The molecule has 0 bridgehead atoms. The van der Waals surface area contributed by atoms with Crippen LogP contribution in [0.1, 0.15) is 43.6 Å². The van der Waals surface area contributed by atoms with Crippen LogP contribution in [-0.2, 0) is 23.1 Å². The maximum absolute atomic E-state index is 12.6. The Hall–Kier alpha value is -2.62. The molecule has 0 saturated carbocycles. The number of sulfonamides is 1. The largest absolute Gasteiger partial charge is 0.497 e. The summed E-state index contributed by atoms with van der Waals surface area (Å²) in [6.07, 6.45) is 3.08. The van der Waals surface area contributed by atoms with Gasteiger partial charge in [-0.3, -0.25) is 4.90 Å². The number of nitrogens with zero attached hydrogens (tertiary/aromatic N) is 4. The Balaban J connectivity index is 1.71. The highest BCUT2D eigenvalue weighted by Gasteiger charge is 2.30. The van der Waals surface area contributed by atoms with Gasteiger partial charge >= 0.3 is 0 Å². The van der Waals surface area contributed by atoms with Crippen LogP contribution in [0.5, 0.6) is 11.5 Å². The summed E-state index contributed by atoms with van der Waals surface area (Å²) in [5.41, 5.74) is 2.79. The number of benzene rings is 2. The van der Waals surface area contributed by atoms with E-state index in [-0.39, 0.29) is 10.9 Å². The van der Waals surface area contributed by atoms with Gasteiger partial charge in [-0.1, -0.05) is 6.92 Å². The average molecular weight is 487 g/mol. The van der Waals surface area contributed by atoms with Crippen molar-refractivity contribution in [2.24, 2.45) is 0 Å². The molecule has 4 rings (SSSR count). The molecule has 1 aliphatic rings. The number of rotatable bonds is 9. The third-order valence-electron chi connectivity index (χ3n) is 6.53. The lowest BCUT2D eigenvalue weighted by molar-refractivity contribution is 0.233. The smallest absolute Gasteiger partial charge is 0.242 e. The van der Waals surface area contributed by atoms with Gasteiger partial charge < -0.3 is 14.0 Å². The number of aromatic nitrogens is 2. The molecule has 2 aromatic carbocycles. The maximum atomic E-state index is 12.6. The fourth-order valence-electron chi connectivity index (χ4n) is 4.77. The van der Waals surface area contributed by atoms with Gasteiger partial charge in [0.05, 0.1) is 36.7 Å². The van der Waals surface area contributed by atoms with Crippen LogP contribution in [0.4, 0.5) is 0 Å². The molecule has 3 aromatic rings. The molecule has 184 valence electrons. The topological polar surface area (TPSA) is 76.9 Å². The summed E-state index contributed by atoms with van der Waals surface area (Å²) in [5.74, 6) is 2.62. The van der Waals surface area contributed by atoms with Gasteiger partial charge in [0.1, 0.15) is 17.3 Å². The van der Waals surface area contributed by atoms with Gasteiger partial charge in [-0.15, -0.1) is 0 Å². The zero-order chi connectivity index (χ0) is 24.5. The van der Waals surface area contributed by atoms with Crippen LogP contribution in [0, 0.1) is 0 Å². The molecular weight excluding hydrogens is 452 g/mol. The maximum Gasteiger partial charge on any atom is 0.242 e. The van der Waals surface area contributed by atoms with Crippen LogP contribution in [0.3, 0.4) is 0 Å². The number of hydrogen-bond donors (Lipinski definition) is 0. The number of hydrogen-bond acceptors (Lipinski definition) is 6. The minimum absolute atomic E-state index is 0.199. The van der Waals surface area contributed by atoms with Crippen molar-refractivity contribution >= 4 is 21.1 Å². The second kappa shape index (κ2) is 9.93. The second-order valence-electron chi connectivity index (χ2n) is 8.85. The molecule has 1 aromatic heterocycles. The van der Waals surface area contributed by atoms with Crippen molar-refractivity contribution in [1.29, 1.82) is 0 Å². The van der Waals surface area contributed by atoms with Crippen molar-refractivity contribution in [3.8, 4) is 11.5 Å². The molecule has 8 nitrogen and oxygen atoms in total. The molecule has 1 fully saturated rings. The molecule has 9 heteroatoms. The highest BCUT2D eigenvalue weighted by atomic mass is 32.2. The monoisotopic (exact) mass is 486 g/mol. The lowest BCUT2D eigenvalue weighted by Crippen LogP contribution is -2.25. The van der Waals surface area contributed by atoms with Gasteiger partial charge in [-0.2, -0.15) is 0 Å². The molecule has 1 atom stereocenters. The van der Waals surface area contributed by atoms with Gasteiger partial charge in [-0.05, 0) is 62.2 Å². The van der Waals surface area contributed by atoms with E-state index in [9.17, 15) is 8.42 Å². The van der Waals surface area contributed by atoms with Crippen LogP contribution < -0.4 is 9.47 Å². The first kappa shape index (κ1) is 24.5. The first-order chi connectivity index (χ1) is 16.3. The Labute approximate surface area is 202 Å². The number of imidazole rings is 1. The van der Waals surface area contributed by atoms with E-state index >= 15 is 0 Å². The zero-order valence-electron chi connectivity index (χ0n) is 20.6. The van der Waals surface area contributed by atoms with Crippen molar-refractivity contribution in [2.45, 2.75) is 50.2 Å². The van der Waals surface area contributed by atoms with Gasteiger partial charge in [-0.25, -0.2) is 17.7 Å². The average Bonchev–Trinajstić information content (AvgIpc) is 3.43. The standard InChI is InChI=1S/C25H34N4O4S/c1-6-13-29-23-11-10-19(34(30,31)27(2)3)16-21(23)26-25(29)17-28-14-7-8-22(28)20-15-18(32-4)9-12-24(20)33-5/h9-12,15-16,22H,6-8,13-14,17H2,1-5H3. The Kier molecular flexibility index (Phi) is 7.16. The van der Waals surface area contributed by atoms with E-state index in [0.29, 0.717) is 12.1 Å². The van der Waals surface area contributed by atoms with Gasteiger partial charge in [0.15, 0.2) is 0 Å². The van der Waals surface area contributed by atoms with Gasteiger partial charge in [0.25, 0.3) is 0 Å². The summed E-state index contributed by atoms with van der Waals surface area (Å²) in [4.78, 5) is 7.61. The lowest BCUT2D eigenvalue weighted by Gasteiger charge is -2.26. The van der Waals surface area contributed by atoms with E-state index in [1.54, 1.807) is 40.4 Å². The summed E-state index contributed by atoms with van der Waals surface area (Å²) in [6.45, 7) is 4.60. The van der Waals surface area contributed by atoms with Crippen LogP contribution in [-0.4, -0.2) is 62.0 Å². The third kappa shape index (κ3) is 4.52. The van der Waals surface area contributed by atoms with E-state index in [1.807, 2.05) is 18.2 Å². The normalized spacial score (nSPS) is 17.1. The minimum atomic E-state index is -3.52. The third-order valence-corrected chi connectivity index (χ3v) is 8.34. The van der Waals surface area contributed by atoms with Crippen LogP contribution in [0.15, 0.2) is 41.3 Å². The fourth-order valence-corrected chi connectivity index (χ4v) is 5.70. The summed E-state index contributed by atoms with van der Waals surface area (Å²) in [6, 6.07) is 11.4. The molecule has 0 amide bonds. The number of likely N-dealkylation sites (tertiary alicyclic amines) is 1. The molecule has 0 spiro atoms. The van der Waals surface area contributed by atoms with Crippen LogP contribution in [0.25, 0.3) is 11.0 Å². The highest BCUT2D eigenvalue weighted by molar-refractivity contribution is 7.89. The van der Waals surface area contributed by atoms with Crippen molar-refractivity contribution in [1.82, 2.24) is 18.8 Å². The van der Waals surface area contributed by atoms with Gasteiger partial charge in [0.2, 0.25) is 10.0 Å². The molecule has 1 unspecified atom stereocenters. The first-order valence-corrected chi connectivity index (χ1v) is 13.1. The summed E-state index contributed by atoms with van der Waals surface area (Å²) in [7, 11) is 2.94. The summed E-state index contributed by atoms with van der Waals surface area (Å²) < 4.78 is 39.9. The lowest BCUT2D eigenvalue weighted by atomic mass is 10.0. The van der Waals surface area contributed by atoms with Crippen molar-refractivity contribution in [3.63, 3.8) is 0 Å². The molecule has 1 saturated heterocycles. The van der Waals surface area contributed by atoms with Crippen molar-refractivity contribution in [2.75, 3.05) is 34.9 Å². The Morgan fingerprint density at radius 1 is 1.12 bits per heavy atom. The van der Waals surface area contributed by atoms with E-state index in [4.69, 9.17) is 14.5 Å². The van der Waals surface area contributed by atoms with Crippen LogP contribution >= 0.6 is 0 Å². The molecule has 2 heterocycles. The van der Waals surface area contributed by atoms with E-state index in [0.717, 1.165) is 60.8 Å². The van der Waals surface area contributed by atoms with Crippen LogP contribution in [0.2, 0.25) is 0 Å². The molecule has 1 aliphatic heterocycles. The number of aryl methyl sites for hydroxylation is 1. The zero-order valence-corrected chi connectivity index (χ0v) is 21.4. The Morgan fingerprint density at radius 3 is 2.59 bits per heavy atom. The van der Waals surface area contributed by atoms with Crippen molar-refractivity contribution in [3.05, 3.63) is 47.8 Å². The minimum Gasteiger partial charge on any atom is -0.497 e. The number of ether oxygens (including phenoxy) is 2. The van der Waals surface area contributed by atoms with E-state index in [1.165, 1.54) is 4.31 Å².